The van der Waals surface area contributed by atoms with Crippen molar-refractivity contribution in [1.29, 1.82) is 0 Å². The van der Waals surface area contributed by atoms with Gasteiger partial charge in [0.25, 0.3) is 0 Å². The Kier molecular flexibility index (Phi) is 8.70. The van der Waals surface area contributed by atoms with Crippen LogP contribution in [0.15, 0.2) is 0 Å². The fourth-order valence-electron chi connectivity index (χ4n) is 2.14. The third kappa shape index (κ3) is 9.55. The number of aliphatic hydroxyl groups excluding tert-OH is 1. The molecule has 0 aliphatic carbocycles. The standard InChI is InChI=1S/C14H29F3N2O/c1-5-7-18-12(13(2,3)4)6-8-19(9-10-20)11-14(15,16)17/h12,18,20H,5-11H2,1-4H3. The van der Waals surface area contributed by atoms with Crippen LogP contribution in [0.4, 0.5) is 13.2 Å². The molecular formula is C14H29F3N2O. The molecule has 0 aliphatic heterocycles. The van der Waals surface area contributed by atoms with Gasteiger partial charge in [-0.3, -0.25) is 4.90 Å². The summed E-state index contributed by atoms with van der Waals surface area (Å²) in [7, 11) is 0. The molecule has 0 fully saturated rings. The van der Waals surface area contributed by atoms with Gasteiger partial charge in [0.15, 0.2) is 0 Å². The van der Waals surface area contributed by atoms with Crippen molar-refractivity contribution < 1.29 is 18.3 Å². The van der Waals surface area contributed by atoms with Gasteiger partial charge in [0.1, 0.15) is 0 Å². The molecule has 0 bridgehead atoms. The molecule has 1 unspecified atom stereocenters. The highest BCUT2D eigenvalue weighted by atomic mass is 19.4. The first-order valence-corrected chi connectivity index (χ1v) is 7.23. The number of hydrogen-bond donors (Lipinski definition) is 2. The molecule has 0 heterocycles. The molecule has 2 N–H and O–H groups in total. The van der Waals surface area contributed by atoms with E-state index in [9.17, 15) is 13.2 Å². The van der Waals surface area contributed by atoms with Gasteiger partial charge in [0, 0.05) is 19.1 Å². The summed E-state index contributed by atoms with van der Waals surface area (Å²) in [5.74, 6) is 0. The van der Waals surface area contributed by atoms with Crippen molar-refractivity contribution in [3.63, 3.8) is 0 Å². The minimum absolute atomic E-state index is 0.00170. The molecule has 1 atom stereocenters. The Labute approximate surface area is 120 Å². The second kappa shape index (κ2) is 8.85. The molecule has 122 valence electrons. The molecule has 0 spiro atoms. The predicted molar refractivity (Wildman–Crippen MR) is 75.7 cm³/mol. The van der Waals surface area contributed by atoms with Gasteiger partial charge in [-0.15, -0.1) is 0 Å². The summed E-state index contributed by atoms with van der Waals surface area (Å²) in [4.78, 5) is 1.27. The molecule has 0 saturated heterocycles. The van der Waals surface area contributed by atoms with Gasteiger partial charge >= 0.3 is 6.18 Å². The summed E-state index contributed by atoms with van der Waals surface area (Å²) in [5.41, 5.74) is -0.00170. The van der Waals surface area contributed by atoms with Crippen LogP contribution in [0.1, 0.15) is 40.5 Å². The largest absolute Gasteiger partial charge is 0.401 e. The van der Waals surface area contributed by atoms with Crippen molar-refractivity contribution in [3.05, 3.63) is 0 Å². The summed E-state index contributed by atoms with van der Waals surface area (Å²) >= 11 is 0. The number of nitrogens with zero attached hydrogens (tertiary/aromatic N) is 1. The summed E-state index contributed by atoms with van der Waals surface area (Å²) in [5, 5.41) is 12.3. The van der Waals surface area contributed by atoms with Crippen LogP contribution in [0.2, 0.25) is 0 Å². The molecule has 0 rings (SSSR count). The van der Waals surface area contributed by atoms with Gasteiger partial charge in [-0.1, -0.05) is 27.7 Å². The predicted octanol–water partition coefficient (Wildman–Crippen LogP) is 2.65. The summed E-state index contributed by atoms with van der Waals surface area (Å²) in [6.07, 6.45) is -2.59. The van der Waals surface area contributed by atoms with E-state index in [2.05, 4.69) is 33.0 Å². The first kappa shape index (κ1) is 19.7. The van der Waals surface area contributed by atoms with Crippen LogP contribution in [-0.4, -0.2) is 55.0 Å². The highest BCUT2D eigenvalue weighted by Gasteiger charge is 2.31. The Balaban J connectivity index is 4.45. The van der Waals surface area contributed by atoms with Gasteiger partial charge < -0.3 is 10.4 Å². The van der Waals surface area contributed by atoms with E-state index in [0.29, 0.717) is 13.0 Å². The lowest BCUT2D eigenvalue weighted by molar-refractivity contribution is -0.147. The smallest absolute Gasteiger partial charge is 0.395 e. The molecule has 0 amide bonds. The van der Waals surface area contributed by atoms with Crippen LogP contribution in [0.5, 0.6) is 0 Å². The third-order valence-corrected chi connectivity index (χ3v) is 3.24. The lowest BCUT2D eigenvalue weighted by Crippen LogP contribution is -2.45. The Morgan fingerprint density at radius 1 is 1.15 bits per heavy atom. The second-order valence-corrected chi connectivity index (χ2v) is 6.28. The molecular weight excluding hydrogens is 269 g/mol. The molecule has 6 heteroatoms. The average Bonchev–Trinajstić information content (AvgIpc) is 2.25. The van der Waals surface area contributed by atoms with E-state index in [1.165, 1.54) is 4.90 Å². The summed E-state index contributed by atoms with van der Waals surface area (Å²) in [6, 6.07) is 0.164. The maximum atomic E-state index is 12.5. The number of halogens is 3. The number of rotatable bonds is 9. The first-order valence-electron chi connectivity index (χ1n) is 7.23. The normalized spacial score (nSPS) is 14.8. The van der Waals surface area contributed by atoms with Crippen molar-refractivity contribution in [2.45, 2.75) is 52.8 Å². The third-order valence-electron chi connectivity index (χ3n) is 3.24. The van der Waals surface area contributed by atoms with E-state index in [4.69, 9.17) is 5.11 Å². The SMILES string of the molecule is CCCNC(CCN(CCO)CC(F)(F)F)C(C)(C)C. The van der Waals surface area contributed by atoms with Gasteiger partial charge in [-0.2, -0.15) is 13.2 Å². The van der Waals surface area contributed by atoms with Crippen LogP contribution in [-0.2, 0) is 0 Å². The number of hydrogen-bond acceptors (Lipinski definition) is 3. The van der Waals surface area contributed by atoms with Crippen molar-refractivity contribution in [2.75, 3.05) is 32.8 Å². The summed E-state index contributed by atoms with van der Waals surface area (Å²) in [6.45, 7) is 8.36. The van der Waals surface area contributed by atoms with Crippen molar-refractivity contribution >= 4 is 0 Å². The average molecular weight is 298 g/mol. The van der Waals surface area contributed by atoms with E-state index in [1.54, 1.807) is 0 Å². The first-order chi connectivity index (χ1) is 9.10. The zero-order valence-electron chi connectivity index (χ0n) is 13.1. The van der Waals surface area contributed by atoms with Crippen LogP contribution < -0.4 is 5.32 Å². The van der Waals surface area contributed by atoms with Crippen LogP contribution >= 0.6 is 0 Å². The lowest BCUT2D eigenvalue weighted by Gasteiger charge is -2.34. The summed E-state index contributed by atoms with van der Waals surface area (Å²) < 4.78 is 37.4. The fraction of sp³-hybridized carbons (Fsp3) is 1.00. The number of aliphatic hydroxyl groups is 1. The fourth-order valence-corrected chi connectivity index (χ4v) is 2.14. The molecule has 0 saturated carbocycles. The minimum Gasteiger partial charge on any atom is -0.395 e. The van der Waals surface area contributed by atoms with E-state index in [1.807, 2.05) is 0 Å². The molecule has 3 nitrogen and oxygen atoms in total. The molecule has 20 heavy (non-hydrogen) atoms. The quantitative estimate of drug-likeness (QED) is 0.687. The van der Waals surface area contributed by atoms with Gasteiger partial charge in [-0.05, 0) is 24.8 Å². The Bertz CT molecular complexity index is 252. The Morgan fingerprint density at radius 3 is 2.15 bits per heavy atom. The van der Waals surface area contributed by atoms with Crippen LogP contribution in [0.25, 0.3) is 0 Å². The van der Waals surface area contributed by atoms with Crippen molar-refractivity contribution in [1.82, 2.24) is 10.2 Å². The van der Waals surface area contributed by atoms with Gasteiger partial charge in [0.2, 0.25) is 0 Å². The van der Waals surface area contributed by atoms with Gasteiger partial charge in [-0.25, -0.2) is 0 Å². The van der Waals surface area contributed by atoms with Crippen LogP contribution in [0, 0.1) is 5.41 Å². The van der Waals surface area contributed by atoms with E-state index < -0.39 is 12.7 Å². The number of nitrogens with one attached hydrogen (secondary N) is 1. The van der Waals surface area contributed by atoms with Crippen molar-refractivity contribution in [3.8, 4) is 0 Å². The maximum absolute atomic E-state index is 12.5. The Morgan fingerprint density at radius 2 is 1.75 bits per heavy atom. The zero-order valence-corrected chi connectivity index (χ0v) is 13.1. The minimum atomic E-state index is -4.22. The second-order valence-electron chi connectivity index (χ2n) is 6.28. The molecule has 0 aromatic rings. The number of alkyl halides is 3. The maximum Gasteiger partial charge on any atom is 0.401 e. The lowest BCUT2D eigenvalue weighted by atomic mass is 9.84. The monoisotopic (exact) mass is 298 g/mol. The van der Waals surface area contributed by atoms with Crippen molar-refractivity contribution in [2.24, 2.45) is 5.41 Å². The Hall–Kier alpha value is -0.330. The zero-order chi connectivity index (χ0) is 15.8. The molecule has 0 aliphatic rings. The molecule has 0 radical (unpaired) electrons. The van der Waals surface area contributed by atoms with E-state index in [-0.39, 0.29) is 24.6 Å². The van der Waals surface area contributed by atoms with Gasteiger partial charge in [0.05, 0.1) is 13.2 Å². The topological polar surface area (TPSA) is 35.5 Å². The highest BCUT2D eigenvalue weighted by Crippen LogP contribution is 2.23. The van der Waals surface area contributed by atoms with E-state index in [0.717, 1.165) is 13.0 Å². The van der Waals surface area contributed by atoms with E-state index >= 15 is 0 Å². The molecule has 0 aromatic carbocycles. The highest BCUT2D eigenvalue weighted by molar-refractivity contribution is 4.81. The van der Waals surface area contributed by atoms with Crippen LogP contribution in [0.3, 0.4) is 0 Å². The molecule has 0 aromatic heterocycles.